The molecule has 32 heavy (non-hydrogen) atoms. The minimum atomic E-state index is -0.00550. The summed E-state index contributed by atoms with van der Waals surface area (Å²) in [6.07, 6.45) is 5.11. The van der Waals surface area contributed by atoms with Gasteiger partial charge in [-0.05, 0) is 42.7 Å². The van der Waals surface area contributed by atoms with Crippen molar-refractivity contribution in [1.29, 1.82) is 0 Å². The number of halogens is 1. The van der Waals surface area contributed by atoms with Crippen LogP contribution in [0.4, 0.5) is 0 Å². The van der Waals surface area contributed by atoms with Crippen LogP contribution in [0.2, 0.25) is 0 Å². The number of nitrogens with zero attached hydrogens (tertiary/aromatic N) is 3. The number of aromatic nitrogens is 1. The van der Waals surface area contributed by atoms with Gasteiger partial charge in [0.1, 0.15) is 0 Å². The third kappa shape index (κ3) is 8.43. The summed E-state index contributed by atoms with van der Waals surface area (Å²) >= 11 is 3.48. The maximum Gasteiger partial charge on any atom is 0.242 e. The molecule has 0 aliphatic carbocycles. The molecule has 0 aliphatic heterocycles. The third-order valence-electron chi connectivity index (χ3n) is 5.43. The van der Waals surface area contributed by atoms with E-state index in [9.17, 15) is 9.59 Å². The van der Waals surface area contributed by atoms with E-state index in [1.165, 1.54) is 5.56 Å². The highest BCUT2D eigenvalue weighted by Gasteiger charge is 2.21. The molecule has 176 valence electrons. The Morgan fingerprint density at radius 3 is 2.38 bits per heavy atom. The molecular weight excluding hydrogens is 470 g/mol. The molecule has 0 spiro atoms. The summed E-state index contributed by atoms with van der Waals surface area (Å²) in [6.45, 7) is 7.16. The summed E-state index contributed by atoms with van der Waals surface area (Å²) in [5.74, 6) is -0.00225. The molecule has 1 aromatic carbocycles. The molecule has 1 aromatic heterocycles. The number of hydrogen-bond acceptors (Lipinski definition) is 3. The predicted octanol–water partition coefficient (Wildman–Crippen LogP) is 4.70. The zero-order valence-corrected chi connectivity index (χ0v) is 21.1. The molecule has 0 radical (unpaired) electrons. The minimum Gasteiger partial charge on any atom is -0.385 e. The first-order valence-corrected chi connectivity index (χ1v) is 12.2. The monoisotopic (exact) mass is 505 g/mol. The molecule has 2 rings (SSSR count). The molecule has 7 heteroatoms. The lowest BCUT2D eigenvalue weighted by Gasteiger charge is -2.28. The van der Waals surface area contributed by atoms with Gasteiger partial charge in [0, 0.05) is 56.1 Å². The van der Waals surface area contributed by atoms with Gasteiger partial charge in [0.25, 0.3) is 0 Å². The van der Waals surface area contributed by atoms with E-state index in [2.05, 4.69) is 51.8 Å². The molecule has 0 unspecified atom stereocenters. The van der Waals surface area contributed by atoms with Crippen LogP contribution in [-0.4, -0.2) is 59.5 Å². The lowest BCUT2D eigenvalue weighted by Crippen LogP contribution is -2.43. The van der Waals surface area contributed by atoms with Crippen LogP contribution in [0.3, 0.4) is 0 Å². The second kappa shape index (κ2) is 14.1. The predicted molar refractivity (Wildman–Crippen MR) is 131 cm³/mol. The number of carbonyl (C=O) groups is 2. The maximum atomic E-state index is 13.2. The van der Waals surface area contributed by atoms with Crippen molar-refractivity contribution in [3.63, 3.8) is 0 Å². The number of methoxy groups -OCH3 is 1. The quantitative estimate of drug-likeness (QED) is 0.349. The molecule has 0 saturated heterocycles. The number of rotatable bonds is 14. The number of amides is 2. The summed E-state index contributed by atoms with van der Waals surface area (Å²) in [7, 11) is 1.65. The topological polar surface area (TPSA) is 54.8 Å². The Morgan fingerprint density at radius 1 is 1.00 bits per heavy atom. The first kappa shape index (κ1) is 26.1. The highest BCUT2D eigenvalue weighted by molar-refractivity contribution is 9.10. The average Bonchev–Trinajstić information content (AvgIpc) is 3.23. The van der Waals surface area contributed by atoms with Crippen LogP contribution in [-0.2, 0) is 27.4 Å². The first-order valence-electron chi connectivity index (χ1n) is 11.4. The van der Waals surface area contributed by atoms with Crippen molar-refractivity contribution in [2.24, 2.45) is 0 Å². The molecular formula is C25H36BrN3O3. The standard InChI is InChI=1S/C25H36BrN3O3/c1-4-6-14-28(25(31)20-29(24(30)5-2)16-8-17-32-3)19-23-9-7-15-27(23)18-21-10-12-22(26)13-11-21/h7,9-13,15H,4-6,8,14,16-20H2,1-3H3. The first-order chi connectivity index (χ1) is 15.5. The van der Waals surface area contributed by atoms with E-state index in [-0.39, 0.29) is 18.4 Å². The van der Waals surface area contributed by atoms with E-state index in [4.69, 9.17) is 4.74 Å². The van der Waals surface area contributed by atoms with Crippen LogP contribution in [0, 0.1) is 0 Å². The van der Waals surface area contributed by atoms with Crippen LogP contribution >= 0.6 is 15.9 Å². The van der Waals surface area contributed by atoms with Gasteiger partial charge in [-0.3, -0.25) is 9.59 Å². The van der Waals surface area contributed by atoms with Crippen molar-refractivity contribution in [2.75, 3.05) is 33.4 Å². The highest BCUT2D eigenvalue weighted by atomic mass is 79.9. The van der Waals surface area contributed by atoms with Crippen molar-refractivity contribution in [3.8, 4) is 0 Å². The number of hydrogen-bond donors (Lipinski definition) is 0. The molecule has 1 heterocycles. The van der Waals surface area contributed by atoms with Gasteiger partial charge in [-0.15, -0.1) is 0 Å². The van der Waals surface area contributed by atoms with Crippen molar-refractivity contribution in [2.45, 2.75) is 52.6 Å². The van der Waals surface area contributed by atoms with Gasteiger partial charge in [0.15, 0.2) is 0 Å². The molecule has 0 N–H and O–H groups in total. The molecule has 0 saturated carbocycles. The molecule has 0 atom stereocenters. The SMILES string of the molecule is CCCCN(Cc1cccn1Cc1ccc(Br)cc1)C(=O)CN(CCCOC)C(=O)CC. The van der Waals surface area contributed by atoms with E-state index in [1.807, 2.05) is 30.0 Å². The molecule has 0 bridgehead atoms. The van der Waals surface area contributed by atoms with Crippen LogP contribution in [0.5, 0.6) is 0 Å². The van der Waals surface area contributed by atoms with Crippen LogP contribution in [0.25, 0.3) is 0 Å². The summed E-state index contributed by atoms with van der Waals surface area (Å²) in [5, 5.41) is 0. The van der Waals surface area contributed by atoms with E-state index in [1.54, 1.807) is 12.0 Å². The van der Waals surface area contributed by atoms with Gasteiger partial charge in [0.05, 0.1) is 13.1 Å². The van der Waals surface area contributed by atoms with Crippen LogP contribution in [0.1, 0.15) is 50.8 Å². The Balaban J connectivity index is 2.10. The Morgan fingerprint density at radius 2 is 1.72 bits per heavy atom. The summed E-state index contributed by atoms with van der Waals surface area (Å²) in [4.78, 5) is 29.2. The second-order valence-electron chi connectivity index (χ2n) is 7.94. The molecule has 2 aromatic rings. The Bertz CT molecular complexity index is 835. The number of unbranched alkanes of at least 4 members (excludes halogenated alkanes) is 1. The summed E-state index contributed by atoms with van der Waals surface area (Å²) in [5.41, 5.74) is 2.29. The fourth-order valence-electron chi connectivity index (χ4n) is 3.55. The largest absolute Gasteiger partial charge is 0.385 e. The summed E-state index contributed by atoms with van der Waals surface area (Å²) < 4.78 is 8.35. The number of ether oxygens (including phenoxy) is 1. The van der Waals surface area contributed by atoms with E-state index in [0.29, 0.717) is 32.7 Å². The zero-order chi connectivity index (χ0) is 23.3. The van der Waals surface area contributed by atoms with Gasteiger partial charge in [-0.25, -0.2) is 0 Å². The molecule has 0 fully saturated rings. The second-order valence-corrected chi connectivity index (χ2v) is 8.85. The smallest absolute Gasteiger partial charge is 0.242 e. The average molecular weight is 506 g/mol. The lowest BCUT2D eigenvalue weighted by molar-refractivity contribution is -0.141. The van der Waals surface area contributed by atoms with Gasteiger partial charge in [-0.2, -0.15) is 0 Å². The fraction of sp³-hybridized carbons (Fsp3) is 0.520. The van der Waals surface area contributed by atoms with Crippen LogP contribution < -0.4 is 0 Å². The Hall–Kier alpha value is -2.12. The zero-order valence-electron chi connectivity index (χ0n) is 19.6. The van der Waals surface area contributed by atoms with Gasteiger partial charge >= 0.3 is 0 Å². The van der Waals surface area contributed by atoms with Crippen molar-refractivity contribution >= 4 is 27.7 Å². The third-order valence-corrected chi connectivity index (χ3v) is 5.96. The van der Waals surface area contributed by atoms with Crippen molar-refractivity contribution in [1.82, 2.24) is 14.4 Å². The summed E-state index contributed by atoms with van der Waals surface area (Å²) in [6, 6.07) is 12.4. The Kier molecular flexibility index (Phi) is 11.5. The minimum absolute atomic E-state index is 0.00325. The van der Waals surface area contributed by atoms with Gasteiger partial charge in [-0.1, -0.05) is 48.3 Å². The molecule has 2 amide bonds. The Labute approximate surface area is 200 Å². The van der Waals surface area contributed by atoms with E-state index in [0.717, 1.165) is 36.0 Å². The van der Waals surface area contributed by atoms with Gasteiger partial charge < -0.3 is 19.1 Å². The lowest BCUT2D eigenvalue weighted by atomic mass is 10.2. The van der Waals surface area contributed by atoms with Crippen LogP contribution in [0.15, 0.2) is 47.1 Å². The van der Waals surface area contributed by atoms with E-state index >= 15 is 0 Å². The van der Waals surface area contributed by atoms with Crippen molar-refractivity contribution < 1.29 is 14.3 Å². The fourth-order valence-corrected chi connectivity index (χ4v) is 3.81. The molecule has 6 nitrogen and oxygen atoms in total. The highest BCUT2D eigenvalue weighted by Crippen LogP contribution is 2.15. The number of benzene rings is 1. The molecule has 0 aliphatic rings. The van der Waals surface area contributed by atoms with E-state index < -0.39 is 0 Å². The maximum absolute atomic E-state index is 13.2. The number of carbonyl (C=O) groups excluding carboxylic acids is 2. The van der Waals surface area contributed by atoms with Crippen molar-refractivity contribution in [3.05, 3.63) is 58.3 Å². The van der Waals surface area contributed by atoms with Gasteiger partial charge in [0.2, 0.25) is 11.8 Å². The normalized spacial score (nSPS) is 10.9.